The van der Waals surface area contributed by atoms with Gasteiger partial charge >= 0.3 is 11.7 Å². The molecule has 0 N–H and O–H groups in total. The molecule has 0 bridgehead atoms. The Labute approximate surface area is 142 Å². The zero-order valence-corrected chi connectivity index (χ0v) is 14.6. The zero-order chi connectivity index (χ0) is 17.3. The van der Waals surface area contributed by atoms with Crippen molar-refractivity contribution in [2.24, 2.45) is 7.05 Å². The average Bonchev–Trinajstić information content (AvgIpc) is 2.97. The second-order valence-electron chi connectivity index (χ2n) is 5.73. The minimum atomic E-state index is -0.574. The Bertz CT molecular complexity index is 895. The quantitative estimate of drug-likeness (QED) is 0.582. The van der Waals surface area contributed by atoms with Crippen LogP contribution in [0.3, 0.4) is 0 Å². The third-order valence-electron chi connectivity index (χ3n) is 4.00. The van der Waals surface area contributed by atoms with Gasteiger partial charge in [0.1, 0.15) is 6.54 Å². The molecule has 0 fully saturated rings. The molecule has 3 rings (SSSR count). The Kier molecular flexibility index (Phi) is 4.79. The van der Waals surface area contributed by atoms with Gasteiger partial charge in [-0.3, -0.25) is 14.2 Å². The van der Waals surface area contributed by atoms with Gasteiger partial charge in [-0.05, 0) is 12.8 Å². The number of rotatable bonds is 5. The molecule has 0 saturated carbocycles. The van der Waals surface area contributed by atoms with Crippen LogP contribution in [0.1, 0.15) is 26.2 Å². The van der Waals surface area contributed by atoms with Gasteiger partial charge in [-0.15, -0.1) is 0 Å². The fourth-order valence-corrected chi connectivity index (χ4v) is 3.65. The van der Waals surface area contributed by atoms with Crippen molar-refractivity contribution in [3.63, 3.8) is 0 Å². The number of esters is 1. The molecule has 1 aliphatic rings. The fraction of sp³-hybridized carbons (Fsp3) is 0.600. The highest BCUT2D eigenvalue weighted by Gasteiger charge is 2.23. The Morgan fingerprint density at radius 1 is 1.38 bits per heavy atom. The highest BCUT2D eigenvalue weighted by Crippen LogP contribution is 2.26. The van der Waals surface area contributed by atoms with Gasteiger partial charge in [0.15, 0.2) is 16.3 Å². The Morgan fingerprint density at radius 3 is 2.92 bits per heavy atom. The van der Waals surface area contributed by atoms with Gasteiger partial charge in [-0.25, -0.2) is 14.3 Å². The molecular formula is C15H20N4O4S. The second-order valence-corrected chi connectivity index (χ2v) is 6.79. The van der Waals surface area contributed by atoms with E-state index in [9.17, 15) is 14.4 Å². The van der Waals surface area contributed by atoms with Crippen LogP contribution in [0.25, 0.3) is 11.2 Å². The lowest BCUT2D eigenvalue weighted by molar-refractivity contribution is -0.144. The van der Waals surface area contributed by atoms with E-state index in [1.165, 1.54) is 4.57 Å². The predicted octanol–water partition coefficient (Wildman–Crippen LogP) is 0.736. The molecular weight excluding hydrogens is 332 g/mol. The third-order valence-corrected chi connectivity index (χ3v) is 5.07. The van der Waals surface area contributed by atoms with E-state index in [4.69, 9.17) is 4.74 Å². The van der Waals surface area contributed by atoms with Crippen LogP contribution in [0.4, 0.5) is 0 Å². The largest absolute Gasteiger partial charge is 0.464 e. The Morgan fingerprint density at radius 2 is 2.17 bits per heavy atom. The van der Waals surface area contributed by atoms with Crippen molar-refractivity contribution in [2.75, 3.05) is 12.4 Å². The van der Waals surface area contributed by atoms with Crippen LogP contribution in [0, 0.1) is 0 Å². The summed E-state index contributed by atoms with van der Waals surface area (Å²) in [4.78, 5) is 41.5. The number of nitrogens with zero attached hydrogens (tertiary/aromatic N) is 4. The van der Waals surface area contributed by atoms with E-state index < -0.39 is 17.2 Å². The van der Waals surface area contributed by atoms with Gasteiger partial charge in [0, 0.05) is 19.3 Å². The topological polar surface area (TPSA) is 88.1 Å². The highest BCUT2D eigenvalue weighted by atomic mass is 32.2. The monoisotopic (exact) mass is 352 g/mol. The van der Waals surface area contributed by atoms with Crippen molar-refractivity contribution in [3.05, 3.63) is 20.8 Å². The van der Waals surface area contributed by atoms with E-state index in [1.54, 1.807) is 18.8 Å². The average molecular weight is 352 g/mol. The molecule has 0 aliphatic carbocycles. The summed E-state index contributed by atoms with van der Waals surface area (Å²) in [5, 5.41) is 0.742. The summed E-state index contributed by atoms with van der Waals surface area (Å²) in [5.41, 5.74) is -0.298. The van der Waals surface area contributed by atoms with Crippen LogP contribution in [0.2, 0.25) is 0 Å². The molecule has 24 heavy (non-hydrogen) atoms. The van der Waals surface area contributed by atoms with Gasteiger partial charge in [-0.2, -0.15) is 0 Å². The molecule has 2 aromatic rings. The second kappa shape index (κ2) is 6.84. The van der Waals surface area contributed by atoms with E-state index in [1.807, 2.05) is 11.5 Å². The first kappa shape index (κ1) is 16.8. The van der Waals surface area contributed by atoms with Gasteiger partial charge in [0.25, 0.3) is 5.56 Å². The number of thioether (sulfide) groups is 1. The molecule has 8 nitrogen and oxygen atoms in total. The molecule has 0 atom stereocenters. The van der Waals surface area contributed by atoms with E-state index in [2.05, 4.69) is 4.98 Å². The number of hydrogen-bond acceptors (Lipinski definition) is 6. The summed E-state index contributed by atoms with van der Waals surface area (Å²) in [6, 6.07) is 0. The fourth-order valence-electron chi connectivity index (χ4n) is 2.70. The van der Waals surface area contributed by atoms with Gasteiger partial charge in [0.05, 0.1) is 6.61 Å². The van der Waals surface area contributed by atoms with E-state index in [0.29, 0.717) is 24.3 Å². The molecule has 0 spiro atoms. The summed E-state index contributed by atoms with van der Waals surface area (Å²) in [7, 11) is 1.56. The summed E-state index contributed by atoms with van der Waals surface area (Å²) in [5.74, 6) is 0.365. The highest BCUT2D eigenvalue weighted by molar-refractivity contribution is 7.99. The molecule has 0 radical (unpaired) electrons. The number of aromatic nitrogens is 4. The van der Waals surface area contributed by atoms with Crippen LogP contribution < -0.4 is 11.2 Å². The number of hydrogen-bond donors (Lipinski definition) is 0. The minimum Gasteiger partial charge on any atom is -0.464 e. The smallest absolute Gasteiger partial charge is 0.333 e. The first-order valence-corrected chi connectivity index (χ1v) is 9.01. The number of carbonyl (C=O) groups excluding carboxylic acids is 1. The molecule has 1 aliphatic heterocycles. The van der Waals surface area contributed by atoms with Crippen LogP contribution in [-0.4, -0.2) is 37.0 Å². The number of aryl methyl sites for hydroxylation is 2. The molecule has 0 saturated heterocycles. The van der Waals surface area contributed by atoms with Gasteiger partial charge in [0.2, 0.25) is 0 Å². The predicted molar refractivity (Wildman–Crippen MR) is 90.4 cm³/mol. The lowest BCUT2D eigenvalue weighted by Crippen LogP contribution is -2.41. The van der Waals surface area contributed by atoms with Crippen LogP contribution >= 0.6 is 11.8 Å². The van der Waals surface area contributed by atoms with Crippen molar-refractivity contribution < 1.29 is 9.53 Å². The van der Waals surface area contributed by atoms with E-state index >= 15 is 0 Å². The maximum Gasteiger partial charge on any atom is 0.333 e. The van der Waals surface area contributed by atoms with Crippen molar-refractivity contribution in [1.82, 2.24) is 18.7 Å². The molecule has 0 amide bonds. The number of ether oxygens (including phenoxy) is 1. The van der Waals surface area contributed by atoms with Crippen LogP contribution in [0.5, 0.6) is 0 Å². The first-order chi connectivity index (χ1) is 11.5. The molecule has 3 heterocycles. The molecule has 2 aromatic heterocycles. The molecule has 0 unspecified atom stereocenters. The Hall–Kier alpha value is -2.03. The minimum absolute atomic E-state index is 0.297. The first-order valence-electron chi connectivity index (χ1n) is 8.03. The third kappa shape index (κ3) is 2.88. The maximum absolute atomic E-state index is 12.8. The maximum atomic E-state index is 12.8. The normalized spacial score (nSPS) is 13.9. The number of fused-ring (bicyclic) bond motifs is 3. The summed E-state index contributed by atoms with van der Waals surface area (Å²) in [6.07, 6.45) is 2.59. The van der Waals surface area contributed by atoms with Crippen molar-refractivity contribution in [2.45, 2.75) is 44.4 Å². The lowest BCUT2D eigenvalue weighted by Gasteiger charge is -2.13. The SMILES string of the molecule is CCCCOC(=O)Cn1c(=O)c2c(nc3n2CCCS3)n(C)c1=O. The van der Waals surface area contributed by atoms with Gasteiger partial charge in [-0.1, -0.05) is 25.1 Å². The standard InChI is InChI=1S/C15H20N4O4S/c1-3-4-7-23-10(20)9-19-13(21)11-12(17(2)15(19)22)16-14-18(11)6-5-8-24-14/h3-9H2,1-2H3. The zero-order valence-electron chi connectivity index (χ0n) is 13.8. The Balaban J connectivity index is 2.04. The summed E-state index contributed by atoms with van der Waals surface area (Å²) < 4.78 is 9.16. The number of imidazole rings is 1. The van der Waals surface area contributed by atoms with Crippen LogP contribution in [0.15, 0.2) is 14.7 Å². The summed E-state index contributed by atoms with van der Waals surface area (Å²) >= 11 is 1.57. The van der Waals surface area contributed by atoms with Gasteiger partial charge < -0.3 is 9.30 Å². The van der Waals surface area contributed by atoms with E-state index in [0.717, 1.165) is 34.7 Å². The van der Waals surface area contributed by atoms with Crippen molar-refractivity contribution in [1.29, 1.82) is 0 Å². The molecule has 0 aromatic carbocycles. The lowest BCUT2D eigenvalue weighted by atomic mass is 10.4. The molecule has 9 heteroatoms. The summed E-state index contributed by atoms with van der Waals surface area (Å²) in [6.45, 7) is 2.60. The van der Waals surface area contributed by atoms with E-state index in [-0.39, 0.29) is 6.54 Å². The molecule has 130 valence electrons. The number of carbonyl (C=O) groups is 1. The van der Waals surface area contributed by atoms with Crippen molar-refractivity contribution in [3.8, 4) is 0 Å². The van der Waals surface area contributed by atoms with Crippen LogP contribution in [-0.2, 0) is 29.7 Å². The van der Waals surface area contributed by atoms with Crippen molar-refractivity contribution >= 4 is 28.9 Å². The number of unbranched alkanes of at least 4 members (excludes halogenated alkanes) is 1.